The molecule has 2 aromatic carbocycles. The fraction of sp³-hybridized carbons (Fsp3) is 0.0714. The maximum Gasteiger partial charge on any atom is 0.168 e. The second-order valence-corrected chi connectivity index (χ2v) is 4.01. The number of benzene rings is 2. The minimum absolute atomic E-state index is 0.0115. The maximum absolute atomic E-state index is 9.65. The van der Waals surface area contributed by atoms with E-state index in [4.69, 9.17) is 12.2 Å². The van der Waals surface area contributed by atoms with Crippen LogP contribution in [-0.2, 0) is 0 Å². The predicted molar refractivity (Wildman–Crippen MR) is 70.0 cm³/mol. The summed E-state index contributed by atoms with van der Waals surface area (Å²) < 4.78 is 0. The van der Waals surface area contributed by atoms with Crippen molar-refractivity contribution in [2.75, 3.05) is 0 Å². The van der Waals surface area contributed by atoms with E-state index in [0.717, 1.165) is 11.1 Å². The number of hydrogen-bond acceptors (Lipinski definition) is 1. The molecule has 0 fully saturated rings. The van der Waals surface area contributed by atoms with Gasteiger partial charge in [-0.15, -0.1) is 0 Å². The molecule has 16 heavy (non-hydrogen) atoms. The number of rotatable bonds is 3. The van der Waals surface area contributed by atoms with Crippen LogP contribution in [0.1, 0.15) is 17.0 Å². The number of aliphatic hydroxyl groups is 1. The van der Waals surface area contributed by atoms with Gasteiger partial charge in [0.15, 0.2) is 5.05 Å². The van der Waals surface area contributed by atoms with Crippen molar-refractivity contribution < 1.29 is 5.11 Å². The van der Waals surface area contributed by atoms with Crippen molar-refractivity contribution in [1.29, 1.82) is 0 Å². The summed E-state index contributed by atoms with van der Waals surface area (Å²) in [5.74, 6) is -0.211. The van der Waals surface area contributed by atoms with Crippen LogP contribution in [0.4, 0.5) is 0 Å². The first-order valence-corrected chi connectivity index (χ1v) is 5.52. The van der Waals surface area contributed by atoms with Gasteiger partial charge in [0.1, 0.15) is 0 Å². The highest BCUT2D eigenvalue weighted by Crippen LogP contribution is 2.25. The first-order chi connectivity index (χ1) is 7.79. The van der Waals surface area contributed by atoms with Crippen LogP contribution in [0.3, 0.4) is 0 Å². The highest BCUT2D eigenvalue weighted by atomic mass is 32.1. The first-order valence-electron chi connectivity index (χ1n) is 5.12. The third-order valence-electron chi connectivity index (χ3n) is 2.51. The topological polar surface area (TPSA) is 20.2 Å². The molecule has 80 valence electrons. The van der Waals surface area contributed by atoms with Gasteiger partial charge >= 0.3 is 0 Å². The van der Waals surface area contributed by atoms with Crippen molar-refractivity contribution in [1.82, 2.24) is 0 Å². The molecule has 0 bridgehead atoms. The fourth-order valence-electron chi connectivity index (χ4n) is 1.77. The molecule has 0 heterocycles. The van der Waals surface area contributed by atoms with Gasteiger partial charge in [-0.25, -0.2) is 0 Å². The predicted octanol–water partition coefficient (Wildman–Crippen LogP) is 3.70. The number of aliphatic hydroxyl groups excluding tert-OH is 1. The van der Waals surface area contributed by atoms with E-state index in [1.165, 1.54) is 0 Å². The lowest BCUT2D eigenvalue weighted by Crippen LogP contribution is -2.10. The van der Waals surface area contributed by atoms with E-state index in [0.29, 0.717) is 0 Å². The van der Waals surface area contributed by atoms with Gasteiger partial charge < -0.3 is 5.11 Å². The van der Waals surface area contributed by atoms with Crippen molar-refractivity contribution in [3.05, 3.63) is 71.8 Å². The monoisotopic (exact) mass is 228 g/mol. The lowest BCUT2D eigenvalue weighted by molar-refractivity contribution is 0.544. The molecule has 2 aromatic rings. The first kappa shape index (κ1) is 10.8. The van der Waals surface area contributed by atoms with E-state index in [1.807, 2.05) is 60.7 Å². The van der Waals surface area contributed by atoms with E-state index in [1.54, 1.807) is 0 Å². The van der Waals surface area contributed by atoms with Crippen molar-refractivity contribution in [3.8, 4) is 0 Å². The third-order valence-corrected chi connectivity index (χ3v) is 2.75. The summed E-state index contributed by atoms with van der Waals surface area (Å²) in [5.41, 5.74) is 2.03. The summed E-state index contributed by atoms with van der Waals surface area (Å²) in [6.45, 7) is 0. The molecule has 0 saturated heterocycles. The molecule has 2 heteroatoms. The van der Waals surface area contributed by atoms with E-state index >= 15 is 0 Å². The third kappa shape index (κ3) is 2.28. The normalized spacial score (nSPS) is 10.3. The van der Waals surface area contributed by atoms with E-state index < -0.39 is 0 Å². The summed E-state index contributed by atoms with van der Waals surface area (Å²) in [5, 5.41) is 9.66. The Morgan fingerprint density at radius 1 is 0.812 bits per heavy atom. The zero-order valence-electron chi connectivity index (χ0n) is 8.71. The molecular weight excluding hydrogens is 216 g/mol. The molecule has 0 aliphatic carbocycles. The molecular formula is C14H12OS. The number of thiocarbonyl (C=S) groups is 1. The minimum Gasteiger partial charge on any atom is -0.501 e. The largest absolute Gasteiger partial charge is 0.501 e. The average molecular weight is 228 g/mol. The smallest absolute Gasteiger partial charge is 0.168 e. The van der Waals surface area contributed by atoms with Crippen molar-refractivity contribution in [2.24, 2.45) is 0 Å². The van der Waals surface area contributed by atoms with Crippen LogP contribution in [0.15, 0.2) is 60.7 Å². The van der Waals surface area contributed by atoms with Crippen molar-refractivity contribution >= 4 is 17.3 Å². The molecule has 0 aliphatic rings. The van der Waals surface area contributed by atoms with Gasteiger partial charge in [0.05, 0.1) is 5.92 Å². The zero-order valence-corrected chi connectivity index (χ0v) is 9.52. The van der Waals surface area contributed by atoms with Crippen LogP contribution in [-0.4, -0.2) is 10.2 Å². The van der Waals surface area contributed by atoms with E-state index in [2.05, 4.69) is 0 Å². The van der Waals surface area contributed by atoms with E-state index in [-0.39, 0.29) is 11.0 Å². The maximum atomic E-state index is 9.65. The molecule has 0 radical (unpaired) electrons. The average Bonchev–Trinajstić information content (AvgIpc) is 2.31. The highest BCUT2D eigenvalue weighted by molar-refractivity contribution is 7.80. The van der Waals surface area contributed by atoms with Crippen LogP contribution in [0.2, 0.25) is 0 Å². The van der Waals surface area contributed by atoms with Gasteiger partial charge in [0.25, 0.3) is 0 Å². The SMILES string of the molecule is OC(=S)C(c1ccccc1)c1ccccc1. The van der Waals surface area contributed by atoms with Gasteiger partial charge in [-0.1, -0.05) is 60.7 Å². The highest BCUT2D eigenvalue weighted by Gasteiger charge is 2.17. The Bertz CT molecular complexity index is 425. The van der Waals surface area contributed by atoms with Crippen LogP contribution >= 0.6 is 12.2 Å². The molecule has 0 saturated carbocycles. The summed E-state index contributed by atoms with van der Waals surface area (Å²) in [6.07, 6.45) is 0. The summed E-state index contributed by atoms with van der Waals surface area (Å²) in [6, 6.07) is 19.6. The Labute approximate surface area is 100 Å². The Hall–Kier alpha value is -1.67. The summed E-state index contributed by atoms with van der Waals surface area (Å²) in [4.78, 5) is 0. The second-order valence-electron chi connectivity index (χ2n) is 3.59. The molecule has 2 rings (SSSR count). The Morgan fingerprint density at radius 2 is 1.19 bits per heavy atom. The lowest BCUT2D eigenvalue weighted by atomic mass is 9.92. The molecule has 1 N–H and O–H groups in total. The Kier molecular flexibility index (Phi) is 3.32. The minimum atomic E-state index is -0.211. The molecule has 1 nitrogen and oxygen atoms in total. The zero-order chi connectivity index (χ0) is 11.4. The molecule has 0 unspecified atom stereocenters. The molecule has 0 aliphatic heterocycles. The van der Waals surface area contributed by atoms with Crippen LogP contribution in [0.5, 0.6) is 0 Å². The van der Waals surface area contributed by atoms with Crippen LogP contribution in [0.25, 0.3) is 0 Å². The van der Waals surface area contributed by atoms with Gasteiger partial charge in [0.2, 0.25) is 0 Å². The van der Waals surface area contributed by atoms with Crippen LogP contribution in [0, 0.1) is 0 Å². The molecule has 0 spiro atoms. The molecule has 0 amide bonds. The van der Waals surface area contributed by atoms with E-state index in [9.17, 15) is 5.11 Å². The van der Waals surface area contributed by atoms with Crippen molar-refractivity contribution in [3.63, 3.8) is 0 Å². The van der Waals surface area contributed by atoms with Crippen molar-refractivity contribution in [2.45, 2.75) is 5.92 Å². The van der Waals surface area contributed by atoms with Gasteiger partial charge in [-0.3, -0.25) is 0 Å². The quantitative estimate of drug-likeness (QED) is 0.808. The standard InChI is InChI=1S/C14H12OS/c15-14(16)13(11-7-3-1-4-8-11)12-9-5-2-6-10-12/h1-10,13H,(H,15,16). The van der Waals surface area contributed by atoms with Gasteiger partial charge in [0, 0.05) is 0 Å². The van der Waals surface area contributed by atoms with Gasteiger partial charge in [-0.2, -0.15) is 0 Å². The summed E-state index contributed by atoms with van der Waals surface area (Å²) >= 11 is 4.94. The van der Waals surface area contributed by atoms with Gasteiger partial charge in [-0.05, 0) is 23.3 Å². The lowest BCUT2D eigenvalue weighted by Gasteiger charge is -2.15. The fourth-order valence-corrected chi connectivity index (χ4v) is 2.04. The number of hydrogen-bond donors (Lipinski definition) is 1. The Morgan fingerprint density at radius 3 is 1.50 bits per heavy atom. The summed E-state index contributed by atoms with van der Waals surface area (Å²) in [7, 11) is 0. The molecule has 0 atom stereocenters. The molecule has 0 aromatic heterocycles. The van der Waals surface area contributed by atoms with Crippen LogP contribution < -0.4 is 0 Å². The Balaban J connectivity index is 2.44. The second kappa shape index (κ2) is 4.90.